The van der Waals surface area contributed by atoms with Crippen LogP contribution in [0, 0.1) is 5.92 Å². The number of phenols is 1. The molecular formula is C69H107N23O13. The van der Waals surface area contributed by atoms with Crippen LogP contribution in [0.2, 0.25) is 0 Å². The third-order valence-corrected chi connectivity index (χ3v) is 16.6. The van der Waals surface area contributed by atoms with Crippen LogP contribution >= 0.6 is 0 Å². The summed E-state index contributed by atoms with van der Waals surface area (Å²) in [5, 5.41) is 39.3. The maximum Gasteiger partial charge on any atom is 0.245 e. The molecule has 1 fully saturated rings. The van der Waals surface area contributed by atoms with Crippen LogP contribution in [0.25, 0.3) is 0 Å². The lowest BCUT2D eigenvalue weighted by molar-refractivity contribution is -0.142. The Hall–Kier alpha value is -11.2. The number of nitrogens with zero attached hydrogens (tertiary/aromatic N) is 4. The van der Waals surface area contributed by atoms with Crippen molar-refractivity contribution >= 4 is 88.8 Å². The van der Waals surface area contributed by atoms with E-state index in [2.05, 4.69) is 73.5 Å². The number of likely N-dealkylation sites (tertiary alicyclic amines) is 1. The molecule has 9 atom stereocenters. The molecule has 0 aliphatic carbocycles. The number of amides is 12. The first-order valence-electron chi connectivity index (χ1n) is 35.0. The van der Waals surface area contributed by atoms with Crippen LogP contribution in [0.1, 0.15) is 115 Å². The molecule has 1 saturated heterocycles. The molecule has 576 valence electrons. The number of nitrogens with one attached hydrogen (secondary N) is 11. The van der Waals surface area contributed by atoms with Crippen molar-refractivity contribution in [2.75, 3.05) is 52.4 Å². The molecule has 105 heavy (non-hydrogen) atoms. The first kappa shape index (κ1) is 86.2. The average molecular weight is 1470 g/mol. The largest absolute Gasteiger partial charge is 0.508 e. The van der Waals surface area contributed by atoms with Crippen molar-refractivity contribution in [3.63, 3.8) is 0 Å². The number of benzene rings is 3. The van der Waals surface area contributed by atoms with E-state index in [0.717, 1.165) is 18.1 Å². The molecule has 0 saturated carbocycles. The van der Waals surface area contributed by atoms with E-state index in [1.807, 2.05) is 30.3 Å². The molecule has 28 N–H and O–H groups in total. The van der Waals surface area contributed by atoms with E-state index >= 15 is 0 Å². The van der Waals surface area contributed by atoms with Crippen LogP contribution in [0.4, 0.5) is 0 Å². The standard InChI is InChI=1S/C69H107N23O13/c1-41(2)34-52(91-63(102)53(36-43-16-6-4-7-17-43)86-57(96)40-82-56(95)39-84-60(99)51(35-44-25-27-46(94)28-26-44)81-37-45-18-8-5-9-19-45)62(101)89-49(22-13-31-79-68(74)75)61(100)88-48(21-12-30-78-67(72)73)59(98)83-38-54(85-42(3)93)64(103)90-50(23-14-32-80-69(76)77)66(105)92-33-15-24-55(92)65(104)87-47(58(71)97)20-10-11-29-70/h4-9,16-19,25-28,41,47-55,81,94H,10-15,20-24,29-40,70H2,1-3H3,(H2,71,97)(H,82,95)(H,83,98)(H,84,99)(H,85,93)(H,86,96)(H,87,104)(H,88,100)(H,89,101)(H,90,103)(H,91,102)(H4,72,73,78)(H4,74,75,79)(H4,76,77,80)/t47-,48-,49-,50-,51-,52-,53-,54?,55-/m0/s1. The number of primary amides is 1. The molecule has 0 aromatic heterocycles. The van der Waals surface area contributed by atoms with Gasteiger partial charge in [-0.15, -0.1) is 0 Å². The SMILES string of the molecule is CC(=O)NC(CNC(=O)[C@H](CCCN=C(N)N)NC(=O)[C@H](CCCN=C(N)N)NC(=O)[C@H](CC(C)C)NC(=O)[C@H](Cc1ccccc1)NC(=O)CNC(=O)CNC(=O)[C@H](Cc1ccc(O)cc1)NCc1ccccc1)C(=O)N[C@@H](CCCN=C(N)N)C(=O)N1CCC[C@H]1C(=O)N[C@@H](CCCCN)C(N)=O. The van der Waals surface area contributed by atoms with E-state index in [9.17, 15) is 62.6 Å². The fourth-order valence-corrected chi connectivity index (χ4v) is 11.2. The number of unbranched alkanes of at least 4 members (excludes halogenated alkanes) is 1. The number of carbonyl (C=O) groups is 12. The van der Waals surface area contributed by atoms with Crippen LogP contribution in [0.3, 0.4) is 0 Å². The van der Waals surface area contributed by atoms with Gasteiger partial charge in [0.15, 0.2) is 17.9 Å². The van der Waals surface area contributed by atoms with E-state index in [1.165, 1.54) is 17.0 Å². The Labute approximate surface area is 610 Å². The highest BCUT2D eigenvalue weighted by atomic mass is 16.3. The summed E-state index contributed by atoms with van der Waals surface area (Å²) in [5.41, 5.74) is 47.0. The molecule has 36 heteroatoms. The van der Waals surface area contributed by atoms with Gasteiger partial charge in [0.1, 0.15) is 54.1 Å². The van der Waals surface area contributed by atoms with Gasteiger partial charge in [0.2, 0.25) is 70.9 Å². The Morgan fingerprint density at radius 2 is 0.962 bits per heavy atom. The molecule has 0 bridgehead atoms. The first-order chi connectivity index (χ1) is 50.0. The summed E-state index contributed by atoms with van der Waals surface area (Å²) in [4.78, 5) is 180. The molecule has 36 nitrogen and oxygen atoms in total. The highest BCUT2D eigenvalue weighted by Gasteiger charge is 2.40. The van der Waals surface area contributed by atoms with Crippen LogP contribution in [0.15, 0.2) is 99.9 Å². The van der Waals surface area contributed by atoms with Gasteiger partial charge in [-0.25, -0.2) is 0 Å². The maximum absolute atomic E-state index is 14.7. The number of phenolic OH excluding ortho intramolecular Hbond substituents is 1. The van der Waals surface area contributed by atoms with Crippen LogP contribution < -0.4 is 104 Å². The normalized spacial score (nSPS) is 14.6. The maximum atomic E-state index is 14.7. The predicted octanol–water partition coefficient (Wildman–Crippen LogP) is -5.09. The number of guanidine groups is 3. The van der Waals surface area contributed by atoms with Gasteiger partial charge in [-0.1, -0.05) is 86.6 Å². The minimum absolute atomic E-state index is 0.00198. The molecule has 1 unspecified atom stereocenters. The Balaban J connectivity index is 1.54. The van der Waals surface area contributed by atoms with E-state index in [0.29, 0.717) is 37.9 Å². The quantitative estimate of drug-likeness (QED) is 0.0143. The summed E-state index contributed by atoms with van der Waals surface area (Å²) in [6.45, 7) is 3.67. The smallest absolute Gasteiger partial charge is 0.245 e. The van der Waals surface area contributed by atoms with Crippen molar-refractivity contribution in [3.8, 4) is 5.75 Å². The van der Waals surface area contributed by atoms with Gasteiger partial charge in [-0.2, -0.15) is 0 Å². The Bertz CT molecular complexity index is 3430. The van der Waals surface area contributed by atoms with Gasteiger partial charge in [0.05, 0.1) is 19.1 Å². The molecule has 3 aromatic rings. The van der Waals surface area contributed by atoms with E-state index in [1.54, 1.807) is 56.3 Å². The van der Waals surface area contributed by atoms with Crippen LogP contribution in [-0.2, 0) is 76.9 Å². The molecule has 3 aromatic carbocycles. The van der Waals surface area contributed by atoms with Gasteiger partial charge in [0.25, 0.3) is 0 Å². The molecule has 1 aliphatic rings. The number of rotatable bonds is 47. The minimum Gasteiger partial charge on any atom is -0.508 e. The number of hydrogen-bond acceptors (Lipinski definition) is 18. The average Bonchev–Trinajstić information content (AvgIpc) is 1.74. The zero-order valence-electron chi connectivity index (χ0n) is 59.9. The zero-order valence-corrected chi connectivity index (χ0v) is 59.9. The van der Waals surface area contributed by atoms with Crippen molar-refractivity contribution in [3.05, 3.63) is 102 Å². The monoisotopic (exact) mass is 1470 g/mol. The summed E-state index contributed by atoms with van der Waals surface area (Å²) in [6.07, 6.45) is 1.95. The number of hydrogen-bond donors (Lipinski definition) is 20. The number of aromatic hydroxyl groups is 1. The van der Waals surface area contributed by atoms with Crippen LogP contribution in [-0.4, -0.2) is 206 Å². The third kappa shape index (κ3) is 33.7. The van der Waals surface area contributed by atoms with Crippen molar-refractivity contribution < 1.29 is 62.6 Å². The summed E-state index contributed by atoms with van der Waals surface area (Å²) >= 11 is 0. The predicted molar refractivity (Wildman–Crippen MR) is 393 cm³/mol. The van der Waals surface area contributed by atoms with Gasteiger partial charge in [0, 0.05) is 52.6 Å². The second-order valence-corrected chi connectivity index (χ2v) is 25.8. The Morgan fingerprint density at radius 1 is 0.486 bits per heavy atom. The van der Waals surface area contributed by atoms with Gasteiger partial charge >= 0.3 is 0 Å². The van der Waals surface area contributed by atoms with Gasteiger partial charge in [-0.3, -0.25) is 72.5 Å². The second-order valence-electron chi connectivity index (χ2n) is 25.8. The zero-order chi connectivity index (χ0) is 77.4. The summed E-state index contributed by atoms with van der Waals surface area (Å²) in [6, 6.07) is 12.9. The van der Waals surface area contributed by atoms with Crippen molar-refractivity contribution in [1.82, 2.24) is 63.4 Å². The molecule has 1 heterocycles. The fourth-order valence-electron chi connectivity index (χ4n) is 11.2. The molecular weight excluding hydrogens is 1360 g/mol. The van der Waals surface area contributed by atoms with Crippen molar-refractivity contribution in [1.29, 1.82) is 0 Å². The lowest BCUT2D eigenvalue weighted by atomic mass is 10.00. The number of nitrogens with two attached hydrogens (primary N) is 8. The number of carbonyl (C=O) groups excluding carboxylic acids is 12. The van der Waals surface area contributed by atoms with Crippen molar-refractivity contribution in [2.45, 2.75) is 172 Å². The summed E-state index contributed by atoms with van der Waals surface area (Å²) in [5.74, 6) is -10.2. The molecule has 0 spiro atoms. The summed E-state index contributed by atoms with van der Waals surface area (Å²) in [7, 11) is 0. The number of aliphatic imine (C=N–C) groups is 3. The lowest BCUT2D eigenvalue weighted by Crippen LogP contribution is -2.60. The van der Waals surface area contributed by atoms with Gasteiger partial charge in [-0.05, 0) is 125 Å². The molecule has 12 amide bonds. The highest BCUT2D eigenvalue weighted by Crippen LogP contribution is 2.21. The fraction of sp³-hybridized carbons (Fsp3) is 0.522. The molecule has 0 radical (unpaired) electrons. The van der Waals surface area contributed by atoms with Gasteiger partial charge < -0.3 is 114 Å². The Kier molecular flexibility index (Phi) is 38.1. The highest BCUT2D eigenvalue weighted by molar-refractivity contribution is 5.98. The summed E-state index contributed by atoms with van der Waals surface area (Å²) < 4.78 is 0. The topological polar surface area (TPSA) is 606 Å². The molecule has 4 rings (SSSR count). The lowest BCUT2D eigenvalue weighted by Gasteiger charge is -2.30. The molecule has 1 aliphatic heterocycles. The van der Waals surface area contributed by atoms with E-state index in [4.69, 9.17) is 45.9 Å². The van der Waals surface area contributed by atoms with E-state index < -0.39 is 145 Å². The second kappa shape index (κ2) is 46.4. The minimum atomic E-state index is -1.57. The van der Waals surface area contributed by atoms with Crippen molar-refractivity contribution in [2.24, 2.45) is 66.8 Å². The van der Waals surface area contributed by atoms with Crippen LogP contribution in [0.5, 0.6) is 5.75 Å². The van der Waals surface area contributed by atoms with E-state index in [-0.39, 0.29) is 126 Å². The first-order valence-corrected chi connectivity index (χ1v) is 35.0. The Morgan fingerprint density at radius 3 is 1.51 bits per heavy atom. The third-order valence-electron chi connectivity index (χ3n) is 16.6.